The van der Waals surface area contributed by atoms with Gasteiger partial charge in [0.05, 0.1) is 30.5 Å². The monoisotopic (exact) mass is 553 g/mol. The third-order valence-corrected chi connectivity index (χ3v) is 9.08. The first-order valence-electron chi connectivity index (χ1n) is 12.2. The van der Waals surface area contributed by atoms with Crippen molar-refractivity contribution in [1.82, 2.24) is 9.62 Å². The van der Waals surface area contributed by atoms with Gasteiger partial charge < -0.3 is 14.8 Å². The lowest BCUT2D eigenvalue weighted by atomic mass is 10.2. The number of methoxy groups -OCH3 is 1. The van der Waals surface area contributed by atoms with Crippen LogP contribution in [0.4, 0.5) is 5.69 Å². The van der Waals surface area contributed by atoms with Gasteiger partial charge in [0.1, 0.15) is 18.1 Å². The summed E-state index contributed by atoms with van der Waals surface area (Å²) in [6.07, 6.45) is 4.40. The number of piperidine rings is 1. The summed E-state index contributed by atoms with van der Waals surface area (Å²) in [4.78, 5) is 12.5. The molecule has 0 aliphatic carbocycles. The van der Waals surface area contributed by atoms with Crippen molar-refractivity contribution >= 4 is 31.6 Å². The van der Waals surface area contributed by atoms with Crippen molar-refractivity contribution in [2.24, 2.45) is 0 Å². The van der Waals surface area contributed by atoms with Crippen molar-refractivity contribution in [3.8, 4) is 11.5 Å². The number of carbonyl (C=O) groups excluding carboxylic acids is 1. The molecule has 0 saturated carbocycles. The number of hydrogen-bond donors (Lipinski definition) is 1. The quantitative estimate of drug-likeness (QED) is 0.378. The van der Waals surface area contributed by atoms with Gasteiger partial charge in [-0.2, -0.15) is 4.31 Å². The Morgan fingerprint density at radius 1 is 1.00 bits per heavy atom. The summed E-state index contributed by atoms with van der Waals surface area (Å²) in [5, 5.41) is 2.75. The van der Waals surface area contributed by atoms with E-state index in [2.05, 4.69) is 5.32 Å². The van der Waals surface area contributed by atoms with Crippen LogP contribution in [0.1, 0.15) is 32.1 Å². The van der Waals surface area contributed by atoms with Gasteiger partial charge >= 0.3 is 0 Å². The average molecular weight is 554 g/mol. The highest BCUT2D eigenvalue weighted by Gasteiger charge is 2.25. The van der Waals surface area contributed by atoms with Crippen LogP contribution in [-0.2, 0) is 24.8 Å². The lowest BCUT2D eigenvalue weighted by Gasteiger charge is -2.25. The van der Waals surface area contributed by atoms with Gasteiger partial charge in [0.15, 0.2) is 0 Å². The van der Waals surface area contributed by atoms with Crippen molar-refractivity contribution in [2.45, 2.75) is 37.0 Å². The number of hydrogen-bond acceptors (Lipinski definition) is 7. The summed E-state index contributed by atoms with van der Waals surface area (Å²) in [5.74, 6) is 0.721. The third kappa shape index (κ3) is 8.08. The number of anilines is 1. The Labute approximate surface area is 219 Å². The average Bonchev–Trinajstić information content (AvgIpc) is 2.89. The standard InChI is InChI=1S/C25H35N3O7S2/c1-34-24-10-5-4-9-23(24)28(36(2,30)31)19-8-11-25(29)26-16-20-35-21-12-14-22(15-13-21)37(32,33)27-17-6-3-7-18-27/h4-5,9-10,12-15H,3,6-8,11,16-20H2,1-2H3,(H,26,29). The Morgan fingerprint density at radius 2 is 1.68 bits per heavy atom. The Balaban J connectivity index is 1.41. The molecule has 1 heterocycles. The molecule has 1 fully saturated rings. The summed E-state index contributed by atoms with van der Waals surface area (Å²) >= 11 is 0. The molecule has 0 unspecified atom stereocenters. The maximum absolute atomic E-state index is 12.7. The van der Waals surface area contributed by atoms with E-state index in [0.717, 1.165) is 25.5 Å². The highest BCUT2D eigenvalue weighted by atomic mass is 32.2. The van der Waals surface area contributed by atoms with Gasteiger partial charge in [-0.1, -0.05) is 18.6 Å². The van der Waals surface area contributed by atoms with E-state index in [-0.39, 0.29) is 36.9 Å². The molecule has 0 bridgehead atoms. The molecule has 1 N–H and O–H groups in total. The van der Waals surface area contributed by atoms with Crippen molar-refractivity contribution in [3.05, 3.63) is 48.5 Å². The number of nitrogens with one attached hydrogen (secondary N) is 1. The minimum absolute atomic E-state index is 0.135. The number of carbonyl (C=O) groups is 1. The smallest absolute Gasteiger partial charge is 0.243 e. The first kappa shape index (κ1) is 28.7. The van der Waals surface area contributed by atoms with Gasteiger partial charge in [0, 0.05) is 26.1 Å². The van der Waals surface area contributed by atoms with E-state index < -0.39 is 20.0 Å². The summed E-state index contributed by atoms with van der Waals surface area (Å²) in [6, 6.07) is 13.1. The molecule has 37 heavy (non-hydrogen) atoms. The van der Waals surface area contributed by atoms with Crippen molar-refractivity contribution < 1.29 is 31.1 Å². The van der Waals surface area contributed by atoms with E-state index in [1.165, 1.54) is 27.9 Å². The SMILES string of the molecule is COc1ccccc1N(CCCC(=O)NCCOc1ccc(S(=O)(=O)N2CCCCC2)cc1)S(C)(=O)=O. The second kappa shape index (κ2) is 13.1. The van der Waals surface area contributed by atoms with Gasteiger partial charge in [-0.25, -0.2) is 16.8 Å². The van der Waals surface area contributed by atoms with E-state index >= 15 is 0 Å². The topological polar surface area (TPSA) is 122 Å². The maximum Gasteiger partial charge on any atom is 0.243 e. The number of ether oxygens (including phenoxy) is 2. The lowest BCUT2D eigenvalue weighted by Crippen LogP contribution is -2.35. The van der Waals surface area contributed by atoms with Gasteiger partial charge in [-0.05, 0) is 55.7 Å². The second-order valence-electron chi connectivity index (χ2n) is 8.75. The van der Waals surface area contributed by atoms with Crippen molar-refractivity contribution in [3.63, 3.8) is 0 Å². The maximum atomic E-state index is 12.7. The van der Waals surface area contributed by atoms with Gasteiger partial charge in [-0.15, -0.1) is 0 Å². The highest BCUT2D eigenvalue weighted by Crippen LogP contribution is 2.29. The molecular formula is C25H35N3O7S2. The molecular weight excluding hydrogens is 518 g/mol. The number of amides is 1. The number of nitrogens with zero attached hydrogens (tertiary/aromatic N) is 2. The molecule has 12 heteroatoms. The minimum Gasteiger partial charge on any atom is -0.495 e. The normalized spacial score (nSPS) is 14.6. The first-order chi connectivity index (χ1) is 17.6. The molecule has 0 atom stereocenters. The molecule has 0 radical (unpaired) electrons. The molecule has 1 saturated heterocycles. The van der Waals surface area contributed by atoms with Crippen LogP contribution in [0.15, 0.2) is 53.4 Å². The molecule has 204 valence electrons. The van der Waals surface area contributed by atoms with Gasteiger partial charge in [0.2, 0.25) is 26.0 Å². The molecule has 10 nitrogen and oxygen atoms in total. The second-order valence-corrected chi connectivity index (χ2v) is 12.6. The molecule has 1 aliphatic rings. The fraction of sp³-hybridized carbons (Fsp3) is 0.480. The predicted molar refractivity (Wildman–Crippen MR) is 142 cm³/mol. The Hall–Kier alpha value is -2.83. The summed E-state index contributed by atoms with van der Waals surface area (Å²) in [6.45, 7) is 1.70. The summed E-state index contributed by atoms with van der Waals surface area (Å²) in [7, 11) is -5.57. The largest absolute Gasteiger partial charge is 0.495 e. The lowest BCUT2D eigenvalue weighted by molar-refractivity contribution is -0.121. The predicted octanol–water partition coefficient (Wildman–Crippen LogP) is 2.61. The molecule has 3 rings (SSSR count). The molecule has 0 aromatic heterocycles. The van der Waals surface area contributed by atoms with E-state index in [9.17, 15) is 21.6 Å². The Kier molecular flexibility index (Phi) is 10.2. The van der Waals surface area contributed by atoms with Crippen LogP contribution in [0, 0.1) is 0 Å². The van der Waals surface area contributed by atoms with Crippen LogP contribution in [-0.4, -0.2) is 73.2 Å². The molecule has 2 aromatic rings. The van der Waals surface area contributed by atoms with Crippen LogP contribution < -0.4 is 19.1 Å². The van der Waals surface area contributed by atoms with Crippen LogP contribution in [0.3, 0.4) is 0 Å². The van der Waals surface area contributed by atoms with E-state index in [0.29, 0.717) is 36.7 Å². The van der Waals surface area contributed by atoms with Crippen LogP contribution in [0.25, 0.3) is 0 Å². The zero-order valence-corrected chi connectivity index (χ0v) is 22.9. The van der Waals surface area contributed by atoms with Crippen LogP contribution >= 0.6 is 0 Å². The number of benzene rings is 2. The van der Waals surface area contributed by atoms with Crippen LogP contribution in [0.5, 0.6) is 11.5 Å². The third-order valence-electron chi connectivity index (χ3n) is 5.99. The van der Waals surface area contributed by atoms with E-state index in [4.69, 9.17) is 9.47 Å². The Bertz CT molecular complexity index is 1240. The molecule has 1 amide bonds. The fourth-order valence-corrected chi connectivity index (χ4v) is 6.58. The number of rotatable bonds is 13. The number of para-hydroxylation sites is 2. The molecule has 2 aromatic carbocycles. The van der Waals surface area contributed by atoms with Gasteiger partial charge in [-0.3, -0.25) is 9.10 Å². The zero-order valence-electron chi connectivity index (χ0n) is 21.3. The van der Waals surface area contributed by atoms with Gasteiger partial charge in [0.25, 0.3) is 0 Å². The zero-order chi connectivity index (χ0) is 26.9. The minimum atomic E-state index is -3.56. The van der Waals surface area contributed by atoms with Crippen molar-refractivity contribution in [2.75, 3.05) is 50.5 Å². The molecule has 0 spiro atoms. The summed E-state index contributed by atoms with van der Waals surface area (Å²) in [5.41, 5.74) is 0.427. The van der Waals surface area contributed by atoms with E-state index in [1.54, 1.807) is 36.4 Å². The summed E-state index contributed by atoms with van der Waals surface area (Å²) < 4.78 is 63.7. The fourth-order valence-electron chi connectivity index (χ4n) is 4.09. The number of sulfonamides is 2. The van der Waals surface area contributed by atoms with Crippen LogP contribution in [0.2, 0.25) is 0 Å². The highest BCUT2D eigenvalue weighted by molar-refractivity contribution is 7.92. The molecule has 1 aliphatic heterocycles. The van der Waals surface area contributed by atoms with Crippen molar-refractivity contribution in [1.29, 1.82) is 0 Å². The van der Waals surface area contributed by atoms with E-state index in [1.807, 2.05) is 0 Å². The first-order valence-corrected chi connectivity index (χ1v) is 15.5. The Morgan fingerprint density at radius 3 is 2.32 bits per heavy atom.